The van der Waals surface area contributed by atoms with E-state index < -0.39 is 0 Å². The molecule has 1 nitrogen and oxygen atoms in total. The number of rotatable bonds is 7. The molecule has 0 radical (unpaired) electrons. The lowest BCUT2D eigenvalue weighted by Crippen LogP contribution is -1.95. The molecule has 12 heavy (non-hydrogen) atoms. The van der Waals surface area contributed by atoms with Gasteiger partial charge in [0, 0.05) is 0 Å². The molecule has 0 unspecified atom stereocenters. The van der Waals surface area contributed by atoms with Crippen molar-refractivity contribution in [1.29, 1.82) is 0 Å². The fourth-order valence-corrected chi connectivity index (χ4v) is 1.10. The quantitative estimate of drug-likeness (QED) is 0.459. The molecule has 0 bridgehead atoms. The minimum Gasteiger partial charge on any atom is -0.393 e. The monoisotopic (exact) mass is 170 g/mol. The van der Waals surface area contributed by atoms with Gasteiger partial charge in [-0.2, -0.15) is 0 Å². The lowest BCUT2D eigenvalue weighted by atomic mass is 10.1. The summed E-state index contributed by atoms with van der Waals surface area (Å²) in [5, 5.41) is 8.94. The van der Waals surface area contributed by atoms with Gasteiger partial charge in [-0.15, -0.1) is 0 Å². The minimum atomic E-state index is -0.183. The first-order chi connectivity index (χ1) is 5.77. The number of aliphatic hydroxyl groups excluding tert-OH is 1. The smallest absolute Gasteiger partial charge is 0.0546 e. The van der Waals surface area contributed by atoms with Crippen molar-refractivity contribution in [2.45, 2.75) is 58.5 Å². The second-order valence-corrected chi connectivity index (χ2v) is 3.41. The van der Waals surface area contributed by atoms with Crippen molar-refractivity contribution in [3.05, 3.63) is 12.2 Å². The van der Waals surface area contributed by atoms with E-state index in [4.69, 9.17) is 5.11 Å². The van der Waals surface area contributed by atoms with Gasteiger partial charge in [0.15, 0.2) is 0 Å². The van der Waals surface area contributed by atoms with E-state index in [-0.39, 0.29) is 6.10 Å². The third-order valence-electron chi connectivity index (χ3n) is 1.87. The molecule has 0 amide bonds. The normalized spacial score (nSPS) is 13.9. The van der Waals surface area contributed by atoms with Gasteiger partial charge < -0.3 is 5.11 Å². The summed E-state index contributed by atoms with van der Waals surface area (Å²) in [6, 6.07) is 0. The zero-order valence-electron chi connectivity index (χ0n) is 8.42. The summed E-state index contributed by atoms with van der Waals surface area (Å²) >= 11 is 0. The summed E-state index contributed by atoms with van der Waals surface area (Å²) in [6.07, 6.45) is 11.3. The molecule has 1 heteroatoms. The summed E-state index contributed by atoms with van der Waals surface area (Å²) in [5.74, 6) is 0. The molecule has 0 spiro atoms. The highest BCUT2D eigenvalue weighted by Gasteiger charge is 1.88. The molecule has 1 atom stereocenters. The summed E-state index contributed by atoms with van der Waals surface area (Å²) in [7, 11) is 0. The number of unbranched alkanes of at least 4 members (excludes halogenated alkanes) is 4. The predicted octanol–water partition coefficient (Wildman–Crippen LogP) is 3.28. The van der Waals surface area contributed by atoms with Crippen molar-refractivity contribution >= 4 is 0 Å². The molecular formula is C11H22O. The fourth-order valence-electron chi connectivity index (χ4n) is 1.10. The van der Waals surface area contributed by atoms with Gasteiger partial charge in [-0.3, -0.25) is 0 Å². The summed E-state index contributed by atoms with van der Waals surface area (Å²) in [6.45, 7) is 4.05. The van der Waals surface area contributed by atoms with E-state index in [1.54, 1.807) is 0 Å². The van der Waals surface area contributed by atoms with Crippen LogP contribution < -0.4 is 0 Å². The van der Waals surface area contributed by atoms with Gasteiger partial charge in [0.2, 0.25) is 0 Å². The molecule has 72 valence electrons. The van der Waals surface area contributed by atoms with Crippen molar-refractivity contribution in [2.24, 2.45) is 0 Å². The van der Waals surface area contributed by atoms with Crippen LogP contribution in [0.1, 0.15) is 52.4 Å². The predicted molar refractivity (Wildman–Crippen MR) is 54.2 cm³/mol. The third-order valence-corrected chi connectivity index (χ3v) is 1.87. The Morgan fingerprint density at radius 2 is 1.92 bits per heavy atom. The molecule has 0 aromatic carbocycles. The van der Waals surface area contributed by atoms with E-state index in [0.29, 0.717) is 0 Å². The Bertz CT molecular complexity index is 106. The topological polar surface area (TPSA) is 20.2 Å². The van der Waals surface area contributed by atoms with Crippen molar-refractivity contribution in [2.75, 3.05) is 0 Å². The van der Waals surface area contributed by atoms with Crippen LogP contribution in [-0.4, -0.2) is 11.2 Å². The lowest BCUT2D eigenvalue weighted by molar-refractivity contribution is 0.198. The van der Waals surface area contributed by atoms with Crippen LogP contribution in [-0.2, 0) is 0 Å². The van der Waals surface area contributed by atoms with E-state index >= 15 is 0 Å². The molecule has 0 heterocycles. The van der Waals surface area contributed by atoms with Crippen LogP contribution in [0.3, 0.4) is 0 Å². The second-order valence-electron chi connectivity index (χ2n) is 3.41. The molecule has 0 aliphatic rings. The number of aliphatic hydroxyl groups is 1. The van der Waals surface area contributed by atoms with Crippen LogP contribution in [0.15, 0.2) is 12.2 Å². The Labute approximate surface area is 76.5 Å². The maximum absolute atomic E-state index is 8.94. The van der Waals surface area contributed by atoms with Crippen molar-refractivity contribution in [1.82, 2.24) is 0 Å². The van der Waals surface area contributed by atoms with Gasteiger partial charge >= 0.3 is 0 Å². The van der Waals surface area contributed by atoms with E-state index in [1.807, 2.05) is 6.92 Å². The van der Waals surface area contributed by atoms with Gasteiger partial charge in [0.25, 0.3) is 0 Å². The Hall–Kier alpha value is -0.300. The van der Waals surface area contributed by atoms with Crippen LogP contribution in [0.2, 0.25) is 0 Å². The van der Waals surface area contributed by atoms with Crippen LogP contribution in [0, 0.1) is 0 Å². The largest absolute Gasteiger partial charge is 0.393 e. The van der Waals surface area contributed by atoms with E-state index in [1.165, 1.54) is 32.1 Å². The van der Waals surface area contributed by atoms with Gasteiger partial charge in [0.1, 0.15) is 0 Å². The Morgan fingerprint density at radius 3 is 2.50 bits per heavy atom. The zero-order valence-corrected chi connectivity index (χ0v) is 8.42. The molecule has 0 saturated heterocycles. The van der Waals surface area contributed by atoms with E-state index in [9.17, 15) is 0 Å². The average molecular weight is 170 g/mol. The molecule has 0 saturated carbocycles. The summed E-state index contributed by atoms with van der Waals surface area (Å²) in [4.78, 5) is 0. The van der Waals surface area contributed by atoms with E-state index in [0.717, 1.165) is 6.42 Å². The molecular weight excluding hydrogens is 148 g/mol. The lowest BCUT2D eigenvalue weighted by Gasteiger charge is -1.97. The Morgan fingerprint density at radius 1 is 1.17 bits per heavy atom. The molecule has 0 aromatic heterocycles. The van der Waals surface area contributed by atoms with Gasteiger partial charge in [-0.25, -0.2) is 0 Å². The molecule has 1 N–H and O–H groups in total. The fraction of sp³-hybridized carbons (Fsp3) is 0.818. The van der Waals surface area contributed by atoms with Crippen LogP contribution in [0.25, 0.3) is 0 Å². The maximum Gasteiger partial charge on any atom is 0.0546 e. The summed E-state index contributed by atoms with van der Waals surface area (Å²) < 4.78 is 0. The molecule has 0 aliphatic carbocycles. The van der Waals surface area contributed by atoms with E-state index in [2.05, 4.69) is 19.1 Å². The maximum atomic E-state index is 8.94. The van der Waals surface area contributed by atoms with Crippen LogP contribution >= 0.6 is 0 Å². The third kappa shape index (κ3) is 9.70. The first-order valence-corrected chi connectivity index (χ1v) is 5.10. The number of allylic oxidation sites excluding steroid dienone is 1. The highest BCUT2D eigenvalue weighted by Crippen LogP contribution is 2.03. The standard InChI is InChI=1S/C11H22O/c1-3-4-5-6-7-8-9-10-11(2)12/h8-9,11-12H,3-7,10H2,1-2H3/b9-8+/t11-/m0/s1. The first-order valence-electron chi connectivity index (χ1n) is 5.10. The van der Waals surface area contributed by atoms with Crippen molar-refractivity contribution in [3.8, 4) is 0 Å². The Kier molecular flexibility index (Phi) is 8.57. The molecule has 0 fully saturated rings. The van der Waals surface area contributed by atoms with Crippen LogP contribution in [0.5, 0.6) is 0 Å². The molecule has 0 aliphatic heterocycles. The molecule has 0 aromatic rings. The van der Waals surface area contributed by atoms with Crippen LogP contribution in [0.4, 0.5) is 0 Å². The van der Waals surface area contributed by atoms with Gasteiger partial charge in [0.05, 0.1) is 6.10 Å². The second kappa shape index (κ2) is 8.79. The number of hydrogen-bond donors (Lipinski definition) is 1. The first kappa shape index (κ1) is 11.7. The highest BCUT2D eigenvalue weighted by atomic mass is 16.3. The SMILES string of the molecule is CCCCCC/C=C/C[C@H](C)O. The van der Waals surface area contributed by atoms with Gasteiger partial charge in [-0.05, 0) is 26.2 Å². The zero-order chi connectivity index (χ0) is 9.23. The minimum absolute atomic E-state index is 0.183. The van der Waals surface area contributed by atoms with Crippen molar-refractivity contribution < 1.29 is 5.11 Å². The Balaban J connectivity index is 3.03. The van der Waals surface area contributed by atoms with Crippen molar-refractivity contribution in [3.63, 3.8) is 0 Å². The summed E-state index contributed by atoms with van der Waals surface area (Å²) in [5.41, 5.74) is 0. The van der Waals surface area contributed by atoms with Gasteiger partial charge in [-0.1, -0.05) is 38.3 Å². The highest BCUT2D eigenvalue weighted by molar-refractivity contribution is 4.82. The average Bonchev–Trinajstić information content (AvgIpc) is 2.02. The molecule has 0 rings (SSSR count). The number of hydrogen-bond acceptors (Lipinski definition) is 1.